The highest BCUT2D eigenvalue weighted by Gasteiger charge is 2.15. The molecule has 0 N–H and O–H groups in total. The van der Waals surface area contributed by atoms with Crippen molar-refractivity contribution in [3.8, 4) is 23.0 Å². The fraction of sp³-hybridized carbons (Fsp3) is 0. The van der Waals surface area contributed by atoms with E-state index in [1.165, 1.54) is 17.4 Å². The fourth-order valence-electron chi connectivity index (χ4n) is 2.30. The van der Waals surface area contributed by atoms with Crippen LogP contribution in [0.5, 0.6) is 11.6 Å². The Morgan fingerprint density at radius 1 is 0.960 bits per heavy atom. The van der Waals surface area contributed by atoms with Crippen LogP contribution in [-0.2, 0) is 0 Å². The Balaban J connectivity index is 1.82. The first kappa shape index (κ1) is 16.3. The molecule has 2 aromatic carbocycles. The van der Waals surface area contributed by atoms with Gasteiger partial charge < -0.3 is 4.74 Å². The van der Waals surface area contributed by atoms with Gasteiger partial charge in [0.1, 0.15) is 10.5 Å². The molecule has 0 radical (unpaired) electrons. The molecule has 0 atom stereocenters. The van der Waals surface area contributed by atoms with Crippen molar-refractivity contribution in [1.82, 2.24) is 9.97 Å². The molecule has 0 bridgehead atoms. The van der Waals surface area contributed by atoms with Crippen LogP contribution in [0, 0.1) is 15.2 Å². The number of nitrogens with zero attached hydrogens (tertiary/aromatic N) is 2. The van der Waals surface area contributed by atoms with Crippen molar-refractivity contribution in [2.24, 2.45) is 0 Å². The van der Waals surface area contributed by atoms with Gasteiger partial charge in [-0.3, -0.25) is 0 Å². The highest BCUT2D eigenvalue weighted by molar-refractivity contribution is 14.1. The van der Waals surface area contributed by atoms with Crippen LogP contribution in [0.3, 0.4) is 0 Å². The summed E-state index contributed by atoms with van der Waals surface area (Å²) in [7, 11) is 0. The topological polar surface area (TPSA) is 35.0 Å². The third-order valence-corrected chi connectivity index (χ3v) is 5.09. The average molecular weight is 466 g/mol. The third kappa shape index (κ3) is 3.34. The van der Waals surface area contributed by atoms with Crippen LogP contribution in [0.2, 0.25) is 0 Å². The number of benzene rings is 2. The maximum atomic E-state index is 13.9. The predicted octanol–water partition coefficient (Wildman–Crippen LogP) is 6.03. The molecule has 0 aliphatic carbocycles. The summed E-state index contributed by atoms with van der Waals surface area (Å²) in [5, 5.41) is 1.87. The second kappa shape index (κ2) is 6.64. The summed E-state index contributed by atoms with van der Waals surface area (Å²) in [4.78, 5) is 8.98. The smallest absolute Gasteiger partial charge is 0.241 e. The molecule has 4 rings (SSSR count). The standard InChI is InChI=1S/C18H9F2IN2OS/c19-11-3-6-15(13(20)9-11)24-18-16-14(7-8-25-16)22-17(23-18)10-1-4-12(21)5-2-10/h1-9H. The first-order valence-corrected chi connectivity index (χ1v) is 9.20. The molecule has 0 spiro atoms. The molecular weight excluding hydrogens is 457 g/mol. The van der Waals surface area contributed by atoms with E-state index < -0.39 is 11.6 Å². The number of rotatable bonds is 3. The molecule has 0 fully saturated rings. The highest BCUT2D eigenvalue weighted by Crippen LogP contribution is 2.34. The van der Waals surface area contributed by atoms with Gasteiger partial charge in [0.2, 0.25) is 5.88 Å². The average Bonchev–Trinajstić information content (AvgIpc) is 3.07. The van der Waals surface area contributed by atoms with Crippen LogP contribution >= 0.6 is 33.9 Å². The summed E-state index contributed by atoms with van der Waals surface area (Å²) in [5.41, 5.74) is 1.55. The molecule has 0 saturated heterocycles. The lowest BCUT2D eigenvalue weighted by atomic mass is 10.2. The Morgan fingerprint density at radius 3 is 2.52 bits per heavy atom. The van der Waals surface area contributed by atoms with Gasteiger partial charge in [-0.05, 0) is 58.3 Å². The number of fused-ring (bicyclic) bond motifs is 1. The largest absolute Gasteiger partial charge is 0.434 e. The molecule has 124 valence electrons. The summed E-state index contributed by atoms with van der Waals surface area (Å²) in [6.45, 7) is 0. The molecule has 0 amide bonds. The number of hydrogen-bond donors (Lipinski definition) is 0. The van der Waals surface area contributed by atoms with Gasteiger partial charge >= 0.3 is 0 Å². The first-order valence-electron chi connectivity index (χ1n) is 7.24. The Morgan fingerprint density at radius 2 is 1.76 bits per heavy atom. The second-order valence-corrected chi connectivity index (χ2v) is 7.33. The van der Waals surface area contributed by atoms with Crippen LogP contribution < -0.4 is 4.74 Å². The molecule has 7 heteroatoms. The summed E-state index contributed by atoms with van der Waals surface area (Å²) < 4.78 is 34.5. The lowest BCUT2D eigenvalue weighted by Gasteiger charge is -2.09. The second-order valence-electron chi connectivity index (χ2n) is 5.17. The van der Waals surface area contributed by atoms with Crippen LogP contribution in [0.15, 0.2) is 53.9 Å². The van der Waals surface area contributed by atoms with E-state index in [9.17, 15) is 8.78 Å². The van der Waals surface area contributed by atoms with E-state index >= 15 is 0 Å². The van der Waals surface area contributed by atoms with E-state index in [2.05, 4.69) is 32.6 Å². The minimum atomic E-state index is -0.779. The molecular formula is C18H9F2IN2OS. The van der Waals surface area contributed by atoms with Gasteiger partial charge in [-0.25, -0.2) is 13.8 Å². The van der Waals surface area contributed by atoms with Gasteiger partial charge in [0, 0.05) is 15.2 Å². The zero-order valence-electron chi connectivity index (χ0n) is 12.5. The number of ether oxygens (including phenoxy) is 1. The molecule has 4 aromatic rings. The zero-order valence-corrected chi connectivity index (χ0v) is 15.5. The number of thiophene rings is 1. The SMILES string of the molecule is Fc1ccc(Oc2nc(-c3ccc(I)cc3)nc3ccsc23)c(F)c1. The molecule has 2 aromatic heterocycles. The number of hydrogen-bond acceptors (Lipinski definition) is 4. The summed E-state index contributed by atoms with van der Waals surface area (Å²) in [6, 6.07) is 12.8. The van der Waals surface area contributed by atoms with Crippen molar-refractivity contribution in [3.63, 3.8) is 0 Å². The van der Waals surface area contributed by atoms with Crippen molar-refractivity contribution in [1.29, 1.82) is 0 Å². The molecule has 0 aliphatic heterocycles. The van der Waals surface area contributed by atoms with Crippen LogP contribution in [0.25, 0.3) is 21.6 Å². The monoisotopic (exact) mass is 466 g/mol. The Bertz CT molecular complexity index is 1070. The van der Waals surface area contributed by atoms with Gasteiger partial charge in [0.05, 0.1) is 5.52 Å². The van der Waals surface area contributed by atoms with E-state index in [-0.39, 0.29) is 11.6 Å². The van der Waals surface area contributed by atoms with Crippen LogP contribution in [0.1, 0.15) is 0 Å². The first-order chi connectivity index (χ1) is 12.1. The van der Waals surface area contributed by atoms with Gasteiger partial charge in [0.25, 0.3) is 0 Å². The summed E-state index contributed by atoms with van der Waals surface area (Å²) in [6.07, 6.45) is 0. The fourth-order valence-corrected chi connectivity index (χ4v) is 3.41. The Kier molecular flexibility index (Phi) is 4.34. The van der Waals surface area contributed by atoms with Crippen LogP contribution in [0.4, 0.5) is 8.78 Å². The maximum absolute atomic E-state index is 13.9. The van der Waals surface area contributed by atoms with Gasteiger partial charge in [-0.2, -0.15) is 4.98 Å². The molecule has 3 nitrogen and oxygen atoms in total. The number of aromatic nitrogens is 2. The van der Waals surface area contributed by atoms with E-state index in [1.54, 1.807) is 0 Å². The Hall–Kier alpha value is -2.13. The van der Waals surface area contributed by atoms with Gasteiger partial charge in [-0.1, -0.05) is 12.1 Å². The van der Waals surface area contributed by atoms with E-state index in [0.29, 0.717) is 16.0 Å². The van der Waals surface area contributed by atoms with Crippen molar-refractivity contribution in [2.45, 2.75) is 0 Å². The molecule has 2 heterocycles. The molecule has 0 unspecified atom stereocenters. The maximum Gasteiger partial charge on any atom is 0.241 e. The molecule has 0 aliphatic rings. The molecule has 0 saturated carbocycles. The summed E-state index contributed by atoms with van der Waals surface area (Å²) in [5.74, 6) is -0.783. The Labute approximate surface area is 159 Å². The minimum absolute atomic E-state index is 0.0802. The van der Waals surface area contributed by atoms with Gasteiger partial charge in [0.15, 0.2) is 17.4 Å². The third-order valence-electron chi connectivity index (χ3n) is 3.48. The minimum Gasteiger partial charge on any atom is -0.434 e. The van der Waals surface area contributed by atoms with Crippen molar-refractivity contribution >= 4 is 44.1 Å². The van der Waals surface area contributed by atoms with E-state index in [1.807, 2.05) is 35.7 Å². The lowest BCUT2D eigenvalue weighted by molar-refractivity contribution is 0.429. The zero-order chi connectivity index (χ0) is 17.4. The van der Waals surface area contributed by atoms with Crippen LogP contribution in [-0.4, -0.2) is 9.97 Å². The highest BCUT2D eigenvalue weighted by atomic mass is 127. The number of halogens is 3. The summed E-state index contributed by atoms with van der Waals surface area (Å²) >= 11 is 3.62. The quantitative estimate of drug-likeness (QED) is 0.346. The van der Waals surface area contributed by atoms with Gasteiger partial charge in [-0.15, -0.1) is 11.3 Å². The van der Waals surface area contributed by atoms with E-state index in [4.69, 9.17) is 4.74 Å². The van der Waals surface area contributed by atoms with E-state index in [0.717, 1.165) is 21.3 Å². The van der Waals surface area contributed by atoms with Crippen molar-refractivity contribution in [3.05, 3.63) is 69.1 Å². The molecule has 25 heavy (non-hydrogen) atoms. The van der Waals surface area contributed by atoms with Crippen molar-refractivity contribution in [2.75, 3.05) is 0 Å². The normalized spacial score (nSPS) is 11.0. The lowest BCUT2D eigenvalue weighted by Crippen LogP contribution is -1.96. The van der Waals surface area contributed by atoms with Crippen molar-refractivity contribution < 1.29 is 13.5 Å². The predicted molar refractivity (Wildman–Crippen MR) is 102 cm³/mol.